The van der Waals surface area contributed by atoms with Crippen molar-refractivity contribution in [1.29, 1.82) is 0 Å². The van der Waals surface area contributed by atoms with Crippen LogP contribution in [-0.2, 0) is 4.74 Å². The minimum Gasteiger partial charge on any atom is -0.447 e. The van der Waals surface area contributed by atoms with Gasteiger partial charge in [-0.15, -0.1) is 0 Å². The molecule has 0 spiro atoms. The minimum atomic E-state index is -0.0947. The summed E-state index contributed by atoms with van der Waals surface area (Å²) < 4.78 is 5.30. The first-order valence-corrected chi connectivity index (χ1v) is 9.30. The normalized spacial score (nSPS) is 22.6. The summed E-state index contributed by atoms with van der Waals surface area (Å²) in [4.78, 5) is 0. The van der Waals surface area contributed by atoms with Crippen LogP contribution >= 0.6 is 7.92 Å². The molecule has 18 heavy (non-hydrogen) atoms. The van der Waals surface area contributed by atoms with Crippen LogP contribution in [0.3, 0.4) is 0 Å². The fourth-order valence-corrected chi connectivity index (χ4v) is 6.33. The van der Waals surface area contributed by atoms with Crippen molar-refractivity contribution in [3.05, 3.63) is 0 Å². The third kappa shape index (κ3) is 4.17. The number of ether oxygens (including phenoxy) is 1. The predicted octanol–water partition coefficient (Wildman–Crippen LogP) is 5.09. The van der Waals surface area contributed by atoms with Crippen molar-refractivity contribution in [3.8, 4) is 11.8 Å². The second-order valence-electron chi connectivity index (χ2n) is 5.64. The Kier molecular flexibility index (Phi) is 6.36. The molecule has 2 saturated carbocycles. The molecule has 0 amide bonds. The van der Waals surface area contributed by atoms with Crippen LogP contribution in [0, 0.1) is 11.8 Å². The SMILES string of the molecule is CCOC#CP(C1CCCCC1)C1CCCCC1. The van der Waals surface area contributed by atoms with Gasteiger partial charge in [0.25, 0.3) is 0 Å². The number of rotatable bonds is 3. The zero-order valence-corrected chi connectivity index (χ0v) is 12.7. The summed E-state index contributed by atoms with van der Waals surface area (Å²) in [5, 5.41) is 0. The molecule has 0 unspecified atom stereocenters. The van der Waals surface area contributed by atoms with Gasteiger partial charge in [-0.1, -0.05) is 38.5 Å². The van der Waals surface area contributed by atoms with Gasteiger partial charge >= 0.3 is 0 Å². The fraction of sp³-hybridized carbons (Fsp3) is 0.875. The second-order valence-corrected chi connectivity index (χ2v) is 8.14. The zero-order chi connectivity index (χ0) is 12.6. The average molecular weight is 266 g/mol. The van der Waals surface area contributed by atoms with E-state index in [1.165, 1.54) is 64.2 Å². The molecule has 0 aromatic rings. The highest BCUT2D eigenvalue weighted by Gasteiger charge is 2.30. The Morgan fingerprint density at radius 3 is 1.83 bits per heavy atom. The molecule has 0 saturated heterocycles. The van der Waals surface area contributed by atoms with Gasteiger partial charge in [0.15, 0.2) is 0 Å². The van der Waals surface area contributed by atoms with Gasteiger partial charge in [-0.25, -0.2) is 0 Å². The molecule has 2 aliphatic carbocycles. The number of hydrogen-bond acceptors (Lipinski definition) is 1. The van der Waals surface area contributed by atoms with Crippen LogP contribution in [0.1, 0.15) is 71.1 Å². The maximum atomic E-state index is 5.30. The van der Waals surface area contributed by atoms with Crippen LogP contribution in [0.4, 0.5) is 0 Å². The first-order valence-electron chi connectivity index (χ1n) is 7.82. The lowest BCUT2D eigenvalue weighted by atomic mass is 9.99. The predicted molar refractivity (Wildman–Crippen MR) is 80.1 cm³/mol. The smallest absolute Gasteiger partial charge is 0.114 e. The van der Waals surface area contributed by atoms with Crippen molar-refractivity contribution in [2.45, 2.75) is 82.4 Å². The Hall–Kier alpha value is -0.210. The van der Waals surface area contributed by atoms with Gasteiger partial charge in [-0.2, -0.15) is 0 Å². The third-order valence-electron chi connectivity index (χ3n) is 4.33. The van der Waals surface area contributed by atoms with Gasteiger partial charge in [-0.3, -0.25) is 0 Å². The Morgan fingerprint density at radius 2 is 1.39 bits per heavy atom. The van der Waals surface area contributed by atoms with E-state index in [1.807, 2.05) is 6.92 Å². The summed E-state index contributed by atoms with van der Waals surface area (Å²) in [6.45, 7) is 2.75. The Labute approximate surface area is 114 Å². The maximum absolute atomic E-state index is 5.30. The molecular formula is C16H27OP. The summed E-state index contributed by atoms with van der Waals surface area (Å²) in [6, 6.07) is 0. The first kappa shape index (κ1) is 14.2. The zero-order valence-electron chi connectivity index (χ0n) is 11.8. The topological polar surface area (TPSA) is 9.23 Å². The fourth-order valence-electron chi connectivity index (χ4n) is 3.36. The van der Waals surface area contributed by atoms with Gasteiger partial charge in [0.2, 0.25) is 0 Å². The summed E-state index contributed by atoms with van der Waals surface area (Å²) in [5.41, 5.74) is 5.39. The van der Waals surface area contributed by atoms with Crippen molar-refractivity contribution in [2.75, 3.05) is 6.61 Å². The molecule has 0 heterocycles. The molecule has 2 heteroatoms. The lowest BCUT2D eigenvalue weighted by Crippen LogP contribution is -2.19. The van der Waals surface area contributed by atoms with Gasteiger partial charge in [-0.05, 0) is 57.5 Å². The quantitative estimate of drug-likeness (QED) is 0.511. The van der Waals surface area contributed by atoms with E-state index in [0.717, 1.165) is 17.9 Å². The monoisotopic (exact) mass is 266 g/mol. The van der Waals surface area contributed by atoms with Crippen LogP contribution in [-0.4, -0.2) is 17.9 Å². The lowest BCUT2D eigenvalue weighted by Gasteiger charge is -2.34. The molecule has 0 aromatic heterocycles. The van der Waals surface area contributed by atoms with Crippen molar-refractivity contribution in [2.24, 2.45) is 0 Å². The summed E-state index contributed by atoms with van der Waals surface area (Å²) >= 11 is 0. The Bertz CT molecular complexity index is 261. The van der Waals surface area contributed by atoms with Crippen molar-refractivity contribution in [1.82, 2.24) is 0 Å². The molecule has 2 fully saturated rings. The van der Waals surface area contributed by atoms with Crippen molar-refractivity contribution in [3.63, 3.8) is 0 Å². The van der Waals surface area contributed by atoms with Crippen LogP contribution in [0.2, 0.25) is 0 Å². The summed E-state index contributed by atoms with van der Waals surface area (Å²) in [7, 11) is -0.0947. The molecule has 0 atom stereocenters. The molecule has 1 nitrogen and oxygen atoms in total. The third-order valence-corrected chi connectivity index (χ3v) is 7.28. The second kappa shape index (κ2) is 8.06. The van der Waals surface area contributed by atoms with Crippen LogP contribution in [0.25, 0.3) is 0 Å². The molecule has 0 radical (unpaired) electrons. The van der Waals surface area contributed by atoms with E-state index in [1.54, 1.807) is 0 Å². The van der Waals surface area contributed by atoms with E-state index in [9.17, 15) is 0 Å². The molecular weight excluding hydrogens is 239 g/mol. The van der Waals surface area contributed by atoms with Gasteiger partial charge in [0.05, 0.1) is 6.61 Å². The van der Waals surface area contributed by atoms with E-state index in [4.69, 9.17) is 4.74 Å². The molecule has 102 valence electrons. The van der Waals surface area contributed by atoms with E-state index in [0.29, 0.717) is 0 Å². The Morgan fingerprint density at radius 1 is 0.889 bits per heavy atom. The van der Waals surface area contributed by atoms with Gasteiger partial charge in [0, 0.05) is 0 Å². The standard InChI is InChI=1S/C16H27OP/c1-2-17-13-14-18(15-9-5-3-6-10-15)16-11-7-4-8-12-16/h15-16H,2-12H2,1H3. The van der Waals surface area contributed by atoms with E-state index in [2.05, 4.69) is 11.8 Å². The maximum Gasteiger partial charge on any atom is 0.114 e. The summed E-state index contributed by atoms with van der Waals surface area (Å²) in [5.74, 6) is 0. The number of hydrogen-bond donors (Lipinski definition) is 0. The molecule has 2 aliphatic rings. The van der Waals surface area contributed by atoms with E-state index >= 15 is 0 Å². The first-order chi connectivity index (χ1) is 8.92. The highest BCUT2D eigenvalue weighted by molar-refractivity contribution is 7.64. The molecule has 0 aromatic carbocycles. The van der Waals surface area contributed by atoms with Crippen LogP contribution in [0.15, 0.2) is 0 Å². The highest BCUT2D eigenvalue weighted by atomic mass is 31.1. The highest BCUT2D eigenvalue weighted by Crippen LogP contribution is 2.54. The molecule has 2 rings (SSSR count). The van der Waals surface area contributed by atoms with E-state index in [-0.39, 0.29) is 7.92 Å². The minimum absolute atomic E-state index is 0.0947. The largest absolute Gasteiger partial charge is 0.447 e. The van der Waals surface area contributed by atoms with Crippen LogP contribution in [0.5, 0.6) is 0 Å². The van der Waals surface area contributed by atoms with Gasteiger partial charge < -0.3 is 4.74 Å². The molecule has 0 bridgehead atoms. The van der Waals surface area contributed by atoms with Crippen LogP contribution < -0.4 is 0 Å². The average Bonchev–Trinajstić information content (AvgIpc) is 2.46. The van der Waals surface area contributed by atoms with E-state index < -0.39 is 0 Å². The van der Waals surface area contributed by atoms with Gasteiger partial charge in [0.1, 0.15) is 6.11 Å². The Balaban J connectivity index is 1.98. The lowest BCUT2D eigenvalue weighted by molar-refractivity contribution is 0.299. The van der Waals surface area contributed by atoms with Crippen molar-refractivity contribution >= 4 is 7.92 Å². The molecule has 0 aliphatic heterocycles. The van der Waals surface area contributed by atoms with Crippen molar-refractivity contribution < 1.29 is 4.74 Å². The molecule has 0 N–H and O–H groups in total. The summed E-state index contributed by atoms with van der Waals surface area (Å²) in [6.07, 6.45) is 17.4.